The molecular weight excluding hydrogens is 342 g/mol. The lowest BCUT2D eigenvalue weighted by Gasteiger charge is -2.10. The zero-order valence-electron chi connectivity index (χ0n) is 14.6. The first kappa shape index (κ1) is 19.2. The number of halogens is 1. The molecule has 7 heteroatoms. The van der Waals surface area contributed by atoms with Crippen molar-refractivity contribution in [3.05, 3.63) is 10.6 Å². The third-order valence-electron chi connectivity index (χ3n) is 4.37. The molecule has 2 N–H and O–H groups in total. The van der Waals surface area contributed by atoms with Gasteiger partial charge >= 0.3 is 0 Å². The Morgan fingerprint density at radius 3 is 2.62 bits per heavy atom. The first-order valence-corrected chi connectivity index (χ1v) is 9.39. The standard InChI is InChI=1S/C17H27N5S.ClH/c1-3-5-6-7-10-18-15-13-16(20-14(19-13)12-8-9-12)22(11-4-2)17(23)21-15;/h12H,3-11H2,1-2H3,(H,19,20)(H,18,21,23);1H. The van der Waals surface area contributed by atoms with Crippen molar-refractivity contribution in [3.63, 3.8) is 0 Å². The van der Waals surface area contributed by atoms with E-state index in [-0.39, 0.29) is 12.4 Å². The second kappa shape index (κ2) is 8.81. The van der Waals surface area contributed by atoms with Crippen LogP contribution in [0.15, 0.2) is 0 Å². The first-order chi connectivity index (χ1) is 11.2. The Morgan fingerprint density at radius 1 is 1.17 bits per heavy atom. The maximum atomic E-state index is 5.50. The largest absolute Gasteiger partial charge is 0.368 e. The van der Waals surface area contributed by atoms with Crippen LogP contribution in [0, 0.1) is 4.77 Å². The van der Waals surface area contributed by atoms with Crippen molar-refractivity contribution >= 4 is 41.6 Å². The molecule has 0 saturated heterocycles. The van der Waals surface area contributed by atoms with Gasteiger partial charge < -0.3 is 10.3 Å². The van der Waals surface area contributed by atoms with E-state index < -0.39 is 0 Å². The van der Waals surface area contributed by atoms with Crippen molar-refractivity contribution in [1.29, 1.82) is 0 Å². The lowest BCUT2D eigenvalue weighted by molar-refractivity contribution is 0.668. The fourth-order valence-corrected chi connectivity index (χ4v) is 3.18. The number of aromatic amines is 1. The van der Waals surface area contributed by atoms with E-state index in [1.165, 1.54) is 32.1 Å². The van der Waals surface area contributed by atoms with Gasteiger partial charge in [0.2, 0.25) is 4.77 Å². The minimum absolute atomic E-state index is 0. The van der Waals surface area contributed by atoms with Gasteiger partial charge in [0.25, 0.3) is 0 Å². The molecule has 24 heavy (non-hydrogen) atoms. The quantitative estimate of drug-likeness (QED) is 0.471. The zero-order valence-corrected chi connectivity index (χ0v) is 16.2. The van der Waals surface area contributed by atoms with E-state index in [9.17, 15) is 0 Å². The Bertz CT molecular complexity index is 720. The lowest BCUT2D eigenvalue weighted by atomic mass is 10.2. The summed E-state index contributed by atoms with van der Waals surface area (Å²) < 4.78 is 2.69. The van der Waals surface area contributed by atoms with Crippen LogP contribution in [0.5, 0.6) is 0 Å². The molecule has 1 aliphatic rings. The van der Waals surface area contributed by atoms with Gasteiger partial charge in [-0.25, -0.2) is 9.97 Å². The molecule has 0 radical (unpaired) electrons. The topological polar surface area (TPSA) is 58.5 Å². The fraction of sp³-hybridized carbons (Fsp3) is 0.706. The molecule has 1 fully saturated rings. The monoisotopic (exact) mass is 369 g/mol. The van der Waals surface area contributed by atoms with Gasteiger partial charge in [0.1, 0.15) is 11.3 Å². The van der Waals surface area contributed by atoms with Crippen LogP contribution < -0.4 is 5.32 Å². The highest BCUT2D eigenvalue weighted by Gasteiger charge is 2.28. The SMILES string of the molecule is CCCCCCNc1nc(=S)n(CCC)c2nc(C3CC3)[nH]c12.Cl. The van der Waals surface area contributed by atoms with Crippen LogP contribution >= 0.6 is 24.6 Å². The maximum absolute atomic E-state index is 5.50. The highest BCUT2D eigenvalue weighted by atomic mass is 35.5. The van der Waals surface area contributed by atoms with Gasteiger partial charge in [0.15, 0.2) is 11.5 Å². The minimum atomic E-state index is 0. The Labute approximate surface area is 155 Å². The third-order valence-corrected chi connectivity index (χ3v) is 4.68. The average Bonchev–Trinajstić information content (AvgIpc) is 3.30. The van der Waals surface area contributed by atoms with Gasteiger partial charge in [0, 0.05) is 19.0 Å². The van der Waals surface area contributed by atoms with Crippen molar-refractivity contribution in [2.45, 2.75) is 71.3 Å². The number of H-pyrrole nitrogens is 1. The van der Waals surface area contributed by atoms with E-state index in [4.69, 9.17) is 17.2 Å². The van der Waals surface area contributed by atoms with Crippen molar-refractivity contribution in [2.24, 2.45) is 0 Å². The zero-order chi connectivity index (χ0) is 16.2. The van der Waals surface area contributed by atoms with Gasteiger partial charge in [0.05, 0.1) is 0 Å². The molecule has 0 spiro atoms. The van der Waals surface area contributed by atoms with Crippen LogP contribution in [-0.2, 0) is 6.54 Å². The summed E-state index contributed by atoms with van der Waals surface area (Å²) in [6.45, 7) is 6.19. The number of aryl methyl sites for hydroxylation is 1. The molecule has 2 aromatic heterocycles. The molecule has 0 unspecified atom stereocenters. The summed E-state index contributed by atoms with van der Waals surface area (Å²) in [5, 5.41) is 3.47. The molecule has 0 aliphatic heterocycles. The van der Waals surface area contributed by atoms with Crippen molar-refractivity contribution < 1.29 is 0 Å². The summed E-state index contributed by atoms with van der Waals surface area (Å²) in [5.74, 6) is 2.57. The number of rotatable bonds is 9. The van der Waals surface area contributed by atoms with E-state index in [0.29, 0.717) is 10.7 Å². The highest BCUT2D eigenvalue weighted by Crippen LogP contribution is 2.39. The number of fused-ring (bicyclic) bond motifs is 1. The summed E-state index contributed by atoms with van der Waals surface area (Å²) in [4.78, 5) is 13.0. The minimum Gasteiger partial charge on any atom is -0.368 e. The summed E-state index contributed by atoms with van der Waals surface area (Å²) in [6, 6.07) is 0. The van der Waals surface area contributed by atoms with E-state index >= 15 is 0 Å². The Balaban J connectivity index is 0.00000208. The summed E-state index contributed by atoms with van der Waals surface area (Å²) in [5.41, 5.74) is 1.98. The average molecular weight is 370 g/mol. The van der Waals surface area contributed by atoms with Crippen LogP contribution in [0.3, 0.4) is 0 Å². The molecule has 0 amide bonds. The number of unbranched alkanes of at least 4 members (excludes halogenated alkanes) is 3. The molecule has 0 aromatic carbocycles. The number of nitrogens with one attached hydrogen (secondary N) is 2. The van der Waals surface area contributed by atoms with Crippen molar-refractivity contribution in [3.8, 4) is 0 Å². The second-order valence-electron chi connectivity index (χ2n) is 6.48. The number of nitrogens with zero attached hydrogens (tertiary/aromatic N) is 3. The molecule has 134 valence electrons. The van der Waals surface area contributed by atoms with E-state index in [1.807, 2.05) is 0 Å². The molecule has 5 nitrogen and oxygen atoms in total. The smallest absolute Gasteiger partial charge is 0.203 e. The molecular formula is C17H28ClN5S. The molecule has 1 saturated carbocycles. The molecule has 2 heterocycles. The molecule has 2 aromatic rings. The number of imidazole rings is 1. The Hall–Kier alpha value is -1.14. The number of hydrogen-bond acceptors (Lipinski definition) is 4. The van der Waals surface area contributed by atoms with Gasteiger partial charge in [-0.3, -0.25) is 4.57 Å². The highest BCUT2D eigenvalue weighted by molar-refractivity contribution is 7.71. The van der Waals surface area contributed by atoms with Crippen LogP contribution in [-0.4, -0.2) is 26.1 Å². The molecule has 1 aliphatic carbocycles. The van der Waals surface area contributed by atoms with E-state index in [1.54, 1.807) is 0 Å². The molecule has 0 atom stereocenters. The maximum Gasteiger partial charge on any atom is 0.203 e. The Morgan fingerprint density at radius 2 is 1.96 bits per heavy atom. The van der Waals surface area contributed by atoms with Crippen molar-refractivity contribution in [1.82, 2.24) is 19.5 Å². The normalized spacial score (nSPS) is 13.9. The fourth-order valence-electron chi connectivity index (χ4n) is 2.91. The van der Waals surface area contributed by atoms with E-state index in [0.717, 1.165) is 48.7 Å². The Kier molecular flexibility index (Phi) is 7.04. The number of hydrogen-bond donors (Lipinski definition) is 2. The predicted molar refractivity (Wildman–Crippen MR) is 105 cm³/mol. The van der Waals surface area contributed by atoms with Crippen LogP contribution in [0.2, 0.25) is 0 Å². The first-order valence-electron chi connectivity index (χ1n) is 8.98. The van der Waals surface area contributed by atoms with Crippen LogP contribution in [0.25, 0.3) is 11.2 Å². The summed E-state index contributed by atoms with van der Waals surface area (Å²) >= 11 is 5.50. The summed E-state index contributed by atoms with van der Waals surface area (Å²) in [6.07, 6.45) is 8.47. The number of anilines is 1. The van der Waals surface area contributed by atoms with Crippen molar-refractivity contribution in [2.75, 3.05) is 11.9 Å². The van der Waals surface area contributed by atoms with Gasteiger partial charge in [-0.05, 0) is 37.9 Å². The van der Waals surface area contributed by atoms with Gasteiger partial charge in [-0.15, -0.1) is 12.4 Å². The predicted octanol–water partition coefficient (Wildman–Crippen LogP) is 5.19. The molecule has 3 rings (SSSR count). The van der Waals surface area contributed by atoms with E-state index in [2.05, 4.69) is 33.7 Å². The van der Waals surface area contributed by atoms with Crippen LogP contribution in [0.4, 0.5) is 5.82 Å². The van der Waals surface area contributed by atoms with Crippen LogP contribution in [0.1, 0.15) is 70.5 Å². The lowest BCUT2D eigenvalue weighted by Crippen LogP contribution is -2.09. The third kappa shape index (κ3) is 4.28. The van der Waals surface area contributed by atoms with Gasteiger partial charge in [-0.1, -0.05) is 33.1 Å². The summed E-state index contributed by atoms with van der Waals surface area (Å²) in [7, 11) is 0. The molecule has 0 bridgehead atoms. The number of aromatic nitrogens is 4. The second-order valence-corrected chi connectivity index (χ2v) is 6.84. The van der Waals surface area contributed by atoms with Gasteiger partial charge in [-0.2, -0.15) is 0 Å².